The first-order chi connectivity index (χ1) is 15.5. The highest BCUT2D eigenvalue weighted by Crippen LogP contribution is 2.43. The van der Waals surface area contributed by atoms with Crippen molar-refractivity contribution in [2.75, 3.05) is 19.7 Å². The van der Waals surface area contributed by atoms with Crippen molar-refractivity contribution in [1.82, 2.24) is 9.80 Å². The molecule has 2 heterocycles. The van der Waals surface area contributed by atoms with Crippen molar-refractivity contribution in [3.63, 3.8) is 0 Å². The first kappa shape index (κ1) is 20.9. The molecule has 0 radical (unpaired) electrons. The summed E-state index contributed by atoms with van der Waals surface area (Å²) in [5.41, 5.74) is 4.89. The number of aliphatic hydroxyl groups is 1. The zero-order valence-electron chi connectivity index (χ0n) is 18.1. The number of aryl methyl sites for hydroxylation is 1. The maximum Gasteiger partial charge on any atom is 0.237 e. The molecule has 0 aliphatic carbocycles. The van der Waals surface area contributed by atoms with Crippen LogP contribution in [-0.2, 0) is 11.3 Å². The number of amides is 1. The van der Waals surface area contributed by atoms with Gasteiger partial charge in [0.15, 0.2) is 0 Å². The fourth-order valence-electron chi connectivity index (χ4n) is 5.22. The highest BCUT2D eigenvalue weighted by molar-refractivity contribution is 5.81. The molecule has 0 aromatic heterocycles. The smallest absolute Gasteiger partial charge is 0.237 e. The molecule has 3 atom stereocenters. The Bertz CT molecular complexity index is 1110. The SMILES string of the molecule is Cc1ccc(CN2CC(=O)N3[C@H](CO)[C@@H](c4ccc(-c5ccccc5F)cc4)[C@@H]3C2)cc1. The number of nitrogens with zero attached hydrogens (tertiary/aromatic N) is 2. The zero-order valence-corrected chi connectivity index (χ0v) is 18.1. The number of hydrogen-bond acceptors (Lipinski definition) is 3. The Labute approximate surface area is 187 Å². The van der Waals surface area contributed by atoms with Gasteiger partial charge in [-0.2, -0.15) is 0 Å². The highest BCUT2D eigenvalue weighted by atomic mass is 19.1. The van der Waals surface area contributed by atoms with E-state index in [2.05, 4.69) is 36.1 Å². The van der Waals surface area contributed by atoms with Crippen molar-refractivity contribution in [2.45, 2.75) is 31.5 Å². The van der Waals surface area contributed by atoms with Gasteiger partial charge in [0.05, 0.1) is 25.2 Å². The summed E-state index contributed by atoms with van der Waals surface area (Å²) in [6.45, 7) is 3.90. The second kappa shape index (κ2) is 8.49. The van der Waals surface area contributed by atoms with Crippen LogP contribution in [0.2, 0.25) is 0 Å². The van der Waals surface area contributed by atoms with Crippen LogP contribution < -0.4 is 0 Å². The zero-order chi connectivity index (χ0) is 22.2. The van der Waals surface area contributed by atoms with E-state index in [4.69, 9.17) is 0 Å². The van der Waals surface area contributed by atoms with Gasteiger partial charge in [0.2, 0.25) is 5.91 Å². The van der Waals surface area contributed by atoms with Crippen LogP contribution in [0.1, 0.15) is 22.6 Å². The summed E-state index contributed by atoms with van der Waals surface area (Å²) >= 11 is 0. The molecule has 3 aromatic carbocycles. The molecule has 1 amide bonds. The van der Waals surface area contributed by atoms with Crippen LogP contribution >= 0.6 is 0 Å². The van der Waals surface area contributed by atoms with Crippen LogP contribution in [0.5, 0.6) is 0 Å². The monoisotopic (exact) mass is 430 g/mol. The number of halogens is 1. The van der Waals surface area contributed by atoms with Crippen molar-refractivity contribution in [1.29, 1.82) is 0 Å². The average molecular weight is 431 g/mol. The molecule has 0 unspecified atom stereocenters. The third-order valence-electron chi connectivity index (χ3n) is 6.83. The Morgan fingerprint density at radius 3 is 2.41 bits per heavy atom. The summed E-state index contributed by atoms with van der Waals surface area (Å²) in [5, 5.41) is 10.0. The van der Waals surface area contributed by atoms with E-state index in [1.807, 2.05) is 35.2 Å². The van der Waals surface area contributed by atoms with Gasteiger partial charge in [-0.3, -0.25) is 9.69 Å². The number of benzene rings is 3. The van der Waals surface area contributed by atoms with Gasteiger partial charge in [-0.25, -0.2) is 4.39 Å². The number of aliphatic hydroxyl groups excluding tert-OH is 1. The Balaban J connectivity index is 1.36. The van der Waals surface area contributed by atoms with Crippen molar-refractivity contribution < 1.29 is 14.3 Å². The summed E-state index contributed by atoms with van der Waals surface area (Å²) < 4.78 is 14.2. The molecule has 5 heteroatoms. The fourth-order valence-corrected chi connectivity index (χ4v) is 5.22. The minimum Gasteiger partial charge on any atom is -0.394 e. The molecule has 0 saturated carbocycles. The lowest BCUT2D eigenvalue weighted by Crippen LogP contribution is -2.72. The minimum absolute atomic E-state index is 0.0400. The molecule has 2 fully saturated rings. The van der Waals surface area contributed by atoms with E-state index < -0.39 is 0 Å². The Morgan fingerprint density at radius 1 is 1.00 bits per heavy atom. The molecule has 2 saturated heterocycles. The Morgan fingerprint density at radius 2 is 1.72 bits per heavy atom. The second-order valence-corrected chi connectivity index (χ2v) is 8.90. The van der Waals surface area contributed by atoms with Crippen molar-refractivity contribution >= 4 is 5.91 Å². The van der Waals surface area contributed by atoms with E-state index in [-0.39, 0.29) is 36.3 Å². The normalized spacial score (nSPS) is 23.0. The van der Waals surface area contributed by atoms with Gasteiger partial charge in [0.25, 0.3) is 0 Å². The van der Waals surface area contributed by atoms with Crippen LogP contribution in [0, 0.1) is 12.7 Å². The maximum absolute atomic E-state index is 14.2. The number of piperazine rings is 1. The number of carbonyl (C=O) groups is 1. The maximum atomic E-state index is 14.2. The lowest BCUT2D eigenvalue weighted by atomic mass is 9.73. The molecule has 3 aromatic rings. The summed E-state index contributed by atoms with van der Waals surface area (Å²) in [6, 6.07) is 22.9. The largest absolute Gasteiger partial charge is 0.394 e. The highest BCUT2D eigenvalue weighted by Gasteiger charge is 2.53. The van der Waals surface area contributed by atoms with Crippen molar-refractivity contribution in [3.8, 4) is 11.1 Å². The average Bonchev–Trinajstić information content (AvgIpc) is 2.78. The lowest BCUT2D eigenvalue weighted by molar-refractivity contribution is -0.162. The minimum atomic E-state index is -0.243. The van der Waals surface area contributed by atoms with Crippen LogP contribution in [0.3, 0.4) is 0 Å². The van der Waals surface area contributed by atoms with E-state index in [0.29, 0.717) is 12.1 Å². The van der Waals surface area contributed by atoms with E-state index in [1.54, 1.807) is 12.1 Å². The summed E-state index contributed by atoms with van der Waals surface area (Å²) in [7, 11) is 0. The second-order valence-electron chi connectivity index (χ2n) is 8.90. The van der Waals surface area contributed by atoms with Crippen LogP contribution in [0.25, 0.3) is 11.1 Å². The predicted octanol–water partition coefficient (Wildman–Crippen LogP) is 3.97. The summed E-state index contributed by atoms with van der Waals surface area (Å²) in [4.78, 5) is 16.9. The van der Waals surface area contributed by atoms with E-state index in [1.165, 1.54) is 17.2 Å². The molecule has 1 N–H and O–H groups in total. The van der Waals surface area contributed by atoms with Gasteiger partial charge in [0.1, 0.15) is 5.82 Å². The van der Waals surface area contributed by atoms with Crippen molar-refractivity contribution in [2.24, 2.45) is 0 Å². The molecule has 4 nitrogen and oxygen atoms in total. The van der Waals surface area contributed by atoms with Crippen molar-refractivity contribution in [3.05, 3.63) is 95.3 Å². The van der Waals surface area contributed by atoms with Gasteiger partial charge in [0, 0.05) is 24.6 Å². The summed E-state index contributed by atoms with van der Waals surface area (Å²) in [6.07, 6.45) is 0. The quantitative estimate of drug-likeness (QED) is 0.666. The Hall–Kier alpha value is -3.02. The van der Waals surface area contributed by atoms with E-state index in [0.717, 1.165) is 24.2 Å². The molecule has 32 heavy (non-hydrogen) atoms. The third-order valence-corrected chi connectivity index (χ3v) is 6.83. The van der Waals surface area contributed by atoms with Crippen LogP contribution in [-0.4, -0.2) is 52.6 Å². The molecule has 0 spiro atoms. The Kier molecular flexibility index (Phi) is 5.53. The first-order valence-electron chi connectivity index (χ1n) is 11.1. The molecule has 2 aliphatic heterocycles. The molecular formula is C27H27FN2O2. The van der Waals surface area contributed by atoms with Gasteiger partial charge < -0.3 is 10.0 Å². The number of fused-ring (bicyclic) bond motifs is 1. The molecule has 5 rings (SSSR count). The van der Waals surface area contributed by atoms with E-state index in [9.17, 15) is 14.3 Å². The van der Waals surface area contributed by atoms with Crippen LogP contribution in [0.15, 0.2) is 72.8 Å². The van der Waals surface area contributed by atoms with E-state index >= 15 is 0 Å². The number of hydrogen-bond donors (Lipinski definition) is 1. The standard InChI is InChI=1S/C27H27FN2O2/c1-18-6-8-19(9-7-18)14-29-15-24-27(25(17-31)30(24)26(32)16-29)21-12-10-20(11-13-21)22-4-2-3-5-23(22)28/h2-13,24-25,27,31H,14-17H2,1H3/t24-,25+,27-/m0/s1. The number of rotatable bonds is 5. The van der Waals surface area contributed by atoms with Gasteiger partial charge in [-0.1, -0.05) is 72.3 Å². The first-order valence-corrected chi connectivity index (χ1v) is 11.1. The molecule has 0 bridgehead atoms. The summed E-state index contributed by atoms with van der Waals surface area (Å²) in [5.74, 6) is -0.0981. The van der Waals surface area contributed by atoms with Gasteiger partial charge in [-0.15, -0.1) is 0 Å². The van der Waals surface area contributed by atoms with Crippen LogP contribution in [0.4, 0.5) is 4.39 Å². The topological polar surface area (TPSA) is 43.8 Å². The fraction of sp³-hybridized carbons (Fsp3) is 0.296. The van der Waals surface area contributed by atoms with Gasteiger partial charge >= 0.3 is 0 Å². The number of carbonyl (C=O) groups excluding carboxylic acids is 1. The predicted molar refractivity (Wildman–Crippen MR) is 123 cm³/mol. The molecule has 2 aliphatic rings. The third kappa shape index (κ3) is 3.72. The lowest BCUT2D eigenvalue weighted by Gasteiger charge is -2.59. The van der Waals surface area contributed by atoms with Gasteiger partial charge in [-0.05, 0) is 29.7 Å². The molecular weight excluding hydrogens is 403 g/mol. The molecule has 164 valence electrons.